The van der Waals surface area contributed by atoms with Gasteiger partial charge in [-0.25, -0.2) is 4.98 Å². The lowest BCUT2D eigenvalue weighted by Gasteiger charge is -2.41. The number of rotatable bonds is 4. The molecular formula is C17H28N2S. The topological polar surface area (TPSA) is 24.9 Å². The third kappa shape index (κ3) is 2.55. The third-order valence-corrected chi connectivity index (χ3v) is 6.61. The Morgan fingerprint density at radius 2 is 2.20 bits per heavy atom. The summed E-state index contributed by atoms with van der Waals surface area (Å²) in [4.78, 5) is 6.63. The normalized spacial score (nSPS) is 29.9. The highest BCUT2D eigenvalue weighted by Gasteiger charge is 2.41. The van der Waals surface area contributed by atoms with E-state index in [0.29, 0.717) is 0 Å². The Bertz CT molecular complexity index is 440. The van der Waals surface area contributed by atoms with Gasteiger partial charge in [-0.05, 0) is 50.5 Å². The van der Waals surface area contributed by atoms with Crippen molar-refractivity contribution in [2.45, 2.75) is 71.3 Å². The first-order valence-corrected chi connectivity index (χ1v) is 9.20. The first kappa shape index (κ1) is 14.5. The lowest BCUT2D eigenvalue weighted by atomic mass is 9.72. The summed E-state index contributed by atoms with van der Waals surface area (Å²) in [6.45, 7) is 8.06. The van der Waals surface area contributed by atoms with Crippen molar-refractivity contribution < 1.29 is 0 Å². The van der Waals surface area contributed by atoms with Crippen molar-refractivity contribution in [3.05, 3.63) is 15.6 Å². The molecule has 1 N–H and O–H groups in total. The molecule has 0 radical (unpaired) electrons. The summed E-state index contributed by atoms with van der Waals surface area (Å²) < 4.78 is 0. The van der Waals surface area contributed by atoms with Gasteiger partial charge in [0.05, 0.1) is 11.2 Å². The smallest absolute Gasteiger partial charge is 0.113 e. The second-order valence-electron chi connectivity index (χ2n) is 6.96. The molecule has 3 rings (SSSR count). The minimum absolute atomic E-state index is 0.178. The Morgan fingerprint density at radius 1 is 1.35 bits per heavy atom. The molecule has 0 saturated heterocycles. The van der Waals surface area contributed by atoms with E-state index in [0.717, 1.165) is 18.4 Å². The summed E-state index contributed by atoms with van der Waals surface area (Å²) in [6, 6.07) is 0. The fourth-order valence-electron chi connectivity index (χ4n) is 4.05. The Hall–Kier alpha value is -0.410. The molecule has 2 nitrogen and oxygen atoms in total. The van der Waals surface area contributed by atoms with Gasteiger partial charge in [0.1, 0.15) is 5.01 Å². The Kier molecular flexibility index (Phi) is 4.19. The second-order valence-corrected chi connectivity index (χ2v) is 8.04. The Morgan fingerprint density at radius 3 is 2.90 bits per heavy atom. The van der Waals surface area contributed by atoms with Gasteiger partial charge in [0, 0.05) is 4.88 Å². The minimum Gasteiger partial charge on any atom is -0.306 e. The SMILES string of the molecule is CCNC1(c2nc3c(s2)CCC3)CCCC(C(C)C)C1. The number of hydrogen-bond donors (Lipinski definition) is 1. The molecule has 0 spiro atoms. The van der Waals surface area contributed by atoms with Crippen LogP contribution in [0.25, 0.3) is 0 Å². The summed E-state index contributed by atoms with van der Waals surface area (Å²) >= 11 is 2.01. The van der Waals surface area contributed by atoms with Crippen molar-refractivity contribution in [2.75, 3.05) is 6.54 Å². The quantitative estimate of drug-likeness (QED) is 0.896. The monoisotopic (exact) mass is 292 g/mol. The molecule has 1 aromatic rings. The first-order chi connectivity index (χ1) is 9.64. The maximum absolute atomic E-state index is 5.06. The summed E-state index contributed by atoms with van der Waals surface area (Å²) in [5.74, 6) is 1.64. The maximum atomic E-state index is 5.06. The zero-order valence-electron chi connectivity index (χ0n) is 13.2. The van der Waals surface area contributed by atoms with E-state index >= 15 is 0 Å². The van der Waals surface area contributed by atoms with Crippen LogP contribution in [0.1, 0.15) is 68.5 Å². The van der Waals surface area contributed by atoms with E-state index in [1.165, 1.54) is 55.6 Å². The van der Waals surface area contributed by atoms with E-state index in [-0.39, 0.29) is 5.54 Å². The highest BCUT2D eigenvalue weighted by atomic mass is 32.1. The number of aromatic nitrogens is 1. The molecular weight excluding hydrogens is 264 g/mol. The number of thiazole rings is 1. The van der Waals surface area contributed by atoms with E-state index in [4.69, 9.17) is 4.98 Å². The van der Waals surface area contributed by atoms with E-state index in [1.54, 1.807) is 4.88 Å². The average Bonchev–Trinajstić information content (AvgIpc) is 3.00. The summed E-state index contributed by atoms with van der Waals surface area (Å²) in [7, 11) is 0. The van der Waals surface area contributed by atoms with E-state index in [1.807, 2.05) is 11.3 Å². The van der Waals surface area contributed by atoms with Crippen LogP contribution in [0, 0.1) is 11.8 Å². The zero-order valence-corrected chi connectivity index (χ0v) is 14.0. The van der Waals surface area contributed by atoms with Gasteiger partial charge in [-0.2, -0.15) is 0 Å². The highest BCUT2D eigenvalue weighted by molar-refractivity contribution is 7.12. The van der Waals surface area contributed by atoms with E-state index < -0.39 is 0 Å². The lowest BCUT2D eigenvalue weighted by molar-refractivity contribution is 0.149. The van der Waals surface area contributed by atoms with Gasteiger partial charge in [-0.3, -0.25) is 0 Å². The van der Waals surface area contributed by atoms with Crippen LogP contribution in [-0.2, 0) is 18.4 Å². The minimum atomic E-state index is 0.178. The van der Waals surface area contributed by atoms with Crippen molar-refractivity contribution in [3.8, 4) is 0 Å². The molecule has 0 bridgehead atoms. The largest absolute Gasteiger partial charge is 0.306 e. The average molecular weight is 292 g/mol. The van der Waals surface area contributed by atoms with Crippen molar-refractivity contribution in [2.24, 2.45) is 11.8 Å². The molecule has 1 aromatic heterocycles. The maximum Gasteiger partial charge on any atom is 0.113 e. The molecule has 3 heteroatoms. The number of nitrogens with one attached hydrogen (secondary N) is 1. The van der Waals surface area contributed by atoms with Gasteiger partial charge in [-0.1, -0.05) is 33.6 Å². The predicted molar refractivity (Wildman–Crippen MR) is 86.3 cm³/mol. The fraction of sp³-hybridized carbons (Fsp3) is 0.824. The molecule has 1 saturated carbocycles. The Labute approximate surface area is 127 Å². The number of fused-ring (bicyclic) bond motifs is 1. The molecule has 2 aliphatic carbocycles. The van der Waals surface area contributed by atoms with Crippen molar-refractivity contribution in [3.63, 3.8) is 0 Å². The highest BCUT2D eigenvalue weighted by Crippen LogP contribution is 2.45. The van der Waals surface area contributed by atoms with Crippen LogP contribution in [-0.4, -0.2) is 11.5 Å². The molecule has 0 aliphatic heterocycles. The van der Waals surface area contributed by atoms with Crippen LogP contribution in [0.2, 0.25) is 0 Å². The van der Waals surface area contributed by atoms with Crippen LogP contribution in [0.5, 0.6) is 0 Å². The molecule has 20 heavy (non-hydrogen) atoms. The summed E-state index contributed by atoms with van der Waals surface area (Å²) in [5, 5.41) is 5.23. The molecule has 1 heterocycles. The number of hydrogen-bond acceptors (Lipinski definition) is 3. The van der Waals surface area contributed by atoms with Crippen molar-refractivity contribution in [1.82, 2.24) is 10.3 Å². The number of aryl methyl sites for hydroxylation is 2. The first-order valence-electron chi connectivity index (χ1n) is 8.38. The van der Waals surface area contributed by atoms with E-state index in [2.05, 4.69) is 26.1 Å². The summed E-state index contributed by atoms with van der Waals surface area (Å²) in [6.07, 6.45) is 9.10. The fourth-order valence-corrected chi connectivity index (χ4v) is 5.40. The molecule has 2 unspecified atom stereocenters. The Balaban J connectivity index is 1.89. The van der Waals surface area contributed by atoms with Gasteiger partial charge in [0.25, 0.3) is 0 Å². The van der Waals surface area contributed by atoms with Gasteiger partial charge in [0.2, 0.25) is 0 Å². The van der Waals surface area contributed by atoms with Crippen molar-refractivity contribution in [1.29, 1.82) is 0 Å². The van der Waals surface area contributed by atoms with Crippen LogP contribution in [0.3, 0.4) is 0 Å². The van der Waals surface area contributed by atoms with Gasteiger partial charge in [-0.15, -0.1) is 11.3 Å². The third-order valence-electron chi connectivity index (χ3n) is 5.25. The lowest BCUT2D eigenvalue weighted by Crippen LogP contribution is -2.46. The van der Waals surface area contributed by atoms with Gasteiger partial charge in [0.15, 0.2) is 0 Å². The van der Waals surface area contributed by atoms with Crippen LogP contribution in [0.15, 0.2) is 0 Å². The van der Waals surface area contributed by atoms with Crippen molar-refractivity contribution >= 4 is 11.3 Å². The molecule has 1 fully saturated rings. The standard InChI is InChI=1S/C17H28N2S/c1-4-18-17(10-6-7-13(11-17)12(2)3)16-19-14-8-5-9-15(14)20-16/h12-13,18H,4-11H2,1-3H3. The molecule has 112 valence electrons. The zero-order chi connectivity index (χ0) is 14.2. The van der Waals surface area contributed by atoms with E-state index in [9.17, 15) is 0 Å². The molecule has 0 aromatic carbocycles. The number of nitrogens with zero attached hydrogens (tertiary/aromatic N) is 1. The summed E-state index contributed by atoms with van der Waals surface area (Å²) in [5.41, 5.74) is 1.59. The second kappa shape index (κ2) is 5.76. The molecule has 0 amide bonds. The van der Waals surface area contributed by atoms with Gasteiger partial charge < -0.3 is 5.32 Å². The predicted octanol–water partition coefficient (Wildman–Crippen LogP) is 4.28. The van der Waals surface area contributed by atoms with Crippen LogP contribution >= 0.6 is 11.3 Å². The van der Waals surface area contributed by atoms with Crippen LogP contribution in [0.4, 0.5) is 0 Å². The molecule has 2 aliphatic rings. The van der Waals surface area contributed by atoms with Gasteiger partial charge >= 0.3 is 0 Å². The molecule has 2 atom stereocenters. The van der Waals surface area contributed by atoms with Crippen LogP contribution < -0.4 is 5.32 Å².